The average molecular weight is 301 g/mol. The fourth-order valence-electron chi connectivity index (χ4n) is 3.71. The molecule has 0 bridgehead atoms. The first-order chi connectivity index (χ1) is 11.3. The van der Waals surface area contributed by atoms with E-state index in [-0.39, 0.29) is 5.56 Å². The largest absolute Gasteiger partial charge is 0.315 e. The number of aromatic nitrogens is 1. The summed E-state index contributed by atoms with van der Waals surface area (Å²) in [6.07, 6.45) is 3.17. The molecule has 1 aromatic heterocycles. The lowest BCUT2D eigenvalue weighted by molar-refractivity contribution is 0.781. The highest BCUT2D eigenvalue weighted by atomic mass is 16.1. The van der Waals surface area contributed by atoms with E-state index in [2.05, 4.69) is 12.1 Å². The molecule has 1 aliphatic rings. The van der Waals surface area contributed by atoms with Crippen LogP contribution < -0.4 is 5.56 Å². The maximum atomic E-state index is 13.1. The van der Waals surface area contributed by atoms with Gasteiger partial charge in [0, 0.05) is 12.7 Å². The first-order valence-electron chi connectivity index (χ1n) is 8.13. The third kappa shape index (κ3) is 2.22. The Morgan fingerprint density at radius 1 is 0.783 bits per heavy atom. The van der Waals surface area contributed by atoms with E-state index in [0.29, 0.717) is 0 Å². The summed E-state index contributed by atoms with van der Waals surface area (Å²) in [5, 5.41) is 0. The van der Waals surface area contributed by atoms with Gasteiger partial charge in [-0.05, 0) is 41.5 Å². The zero-order chi connectivity index (χ0) is 15.8. The molecule has 0 saturated carbocycles. The molecule has 0 spiro atoms. The lowest BCUT2D eigenvalue weighted by atomic mass is 9.91. The third-order valence-electron chi connectivity index (χ3n) is 4.79. The maximum absolute atomic E-state index is 13.1. The molecule has 4 rings (SSSR count). The van der Waals surface area contributed by atoms with Crippen LogP contribution in [0.3, 0.4) is 0 Å². The summed E-state index contributed by atoms with van der Waals surface area (Å²) in [4.78, 5) is 13.1. The molecule has 0 amide bonds. The van der Waals surface area contributed by atoms with Gasteiger partial charge in [0.25, 0.3) is 5.56 Å². The predicted octanol–water partition coefficient (Wildman–Crippen LogP) is 4.21. The molecule has 0 aliphatic heterocycles. The summed E-state index contributed by atoms with van der Waals surface area (Å²) in [5.41, 5.74) is 6.76. The number of hydrogen-bond acceptors (Lipinski definition) is 1. The van der Waals surface area contributed by atoms with Gasteiger partial charge in [-0.1, -0.05) is 60.7 Å². The molecule has 23 heavy (non-hydrogen) atoms. The van der Waals surface area contributed by atoms with Gasteiger partial charge in [0.15, 0.2) is 0 Å². The highest BCUT2D eigenvalue weighted by Gasteiger charge is 2.24. The standard InChI is InChI=1S/C21H19NO/c1-22-18-14-8-13-17(18)19(15-9-4-2-5-10-15)20(21(22)23)16-11-6-3-7-12-16/h2-7,9-12H,8,13-14H2,1H3. The van der Waals surface area contributed by atoms with Crippen molar-refractivity contribution in [3.8, 4) is 22.3 Å². The Morgan fingerprint density at radius 2 is 1.35 bits per heavy atom. The number of pyridine rings is 1. The topological polar surface area (TPSA) is 22.0 Å². The van der Waals surface area contributed by atoms with Crippen molar-refractivity contribution in [3.05, 3.63) is 82.3 Å². The van der Waals surface area contributed by atoms with Gasteiger partial charge in [-0.2, -0.15) is 0 Å². The Balaban J connectivity index is 2.13. The Kier molecular flexibility index (Phi) is 3.38. The Morgan fingerprint density at radius 3 is 1.96 bits per heavy atom. The molecule has 0 unspecified atom stereocenters. The lowest BCUT2D eigenvalue weighted by Crippen LogP contribution is -2.23. The SMILES string of the molecule is Cn1c2c(c(-c3ccccc3)c(-c3ccccc3)c1=O)CCC2. The molecule has 114 valence electrons. The summed E-state index contributed by atoms with van der Waals surface area (Å²) in [5.74, 6) is 0. The van der Waals surface area contributed by atoms with Gasteiger partial charge in [-0.25, -0.2) is 0 Å². The molecule has 2 heteroatoms. The Hall–Kier alpha value is -2.61. The van der Waals surface area contributed by atoms with Crippen LogP contribution in [0.1, 0.15) is 17.7 Å². The normalized spacial score (nSPS) is 13.1. The van der Waals surface area contributed by atoms with Crippen LogP contribution in [0.2, 0.25) is 0 Å². The van der Waals surface area contributed by atoms with E-state index < -0.39 is 0 Å². The van der Waals surface area contributed by atoms with Crippen LogP contribution in [-0.4, -0.2) is 4.57 Å². The molecule has 2 nitrogen and oxygen atoms in total. The fraction of sp³-hybridized carbons (Fsp3) is 0.190. The first-order valence-corrected chi connectivity index (χ1v) is 8.13. The first kappa shape index (κ1) is 14.0. The fourth-order valence-corrected chi connectivity index (χ4v) is 3.71. The lowest BCUT2D eigenvalue weighted by Gasteiger charge is -2.18. The number of nitrogens with zero attached hydrogens (tertiary/aromatic N) is 1. The summed E-state index contributed by atoms with van der Waals surface area (Å²) < 4.78 is 1.86. The van der Waals surface area contributed by atoms with Crippen LogP contribution >= 0.6 is 0 Å². The van der Waals surface area contributed by atoms with Gasteiger partial charge in [0.2, 0.25) is 0 Å². The number of fused-ring (bicyclic) bond motifs is 1. The molecular weight excluding hydrogens is 282 g/mol. The minimum absolute atomic E-state index is 0.107. The van der Waals surface area contributed by atoms with Crippen molar-refractivity contribution >= 4 is 0 Å². The van der Waals surface area contributed by atoms with E-state index in [1.54, 1.807) is 0 Å². The van der Waals surface area contributed by atoms with Crippen molar-refractivity contribution in [2.24, 2.45) is 7.05 Å². The van der Waals surface area contributed by atoms with Gasteiger partial charge < -0.3 is 4.57 Å². The van der Waals surface area contributed by atoms with Gasteiger partial charge >= 0.3 is 0 Å². The second-order valence-electron chi connectivity index (χ2n) is 6.13. The van der Waals surface area contributed by atoms with Crippen LogP contribution in [0.4, 0.5) is 0 Å². The van der Waals surface area contributed by atoms with Gasteiger partial charge in [0.05, 0.1) is 5.56 Å². The van der Waals surface area contributed by atoms with Gasteiger partial charge in [-0.15, -0.1) is 0 Å². The molecule has 3 aromatic rings. The van der Waals surface area contributed by atoms with E-state index >= 15 is 0 Å². The summed E-state index contributed by atoms with van der Waals surface area (Å²) in [6.45, 7) is 0. The second kappa shape index (κ2) is 5.54. The smallest absolute Gasteiger partial charge is 0.259 e. The monoisotopic (exact) mass is 301 g/mol. The van der Waals surface area contributed by atoms with Gasteiger partial charge in [-0.3, -0.25) is 4.79 Å². The average Bonchev–Trinajstić information content (AvgIpc) is 3.09. The Labute approximate surface area is 136 Å². The van der Waals surface area contributed by atoms with E-state index in [1.807, 2.05) is 60.1 Å². The molecule has 1 heterocycles. The highest BCUT2D eigenvalue weighted by molar-refractivity contribution is 5.86. The van der Waals surface area contributed by atoms with Crippen molar-refractivity contribution in [1.29, 1.82) is 0 Å². The van der Waals surface area contributed by atoms with E-state index in [1.165, 1.54) is 11.3 Å². The summed E-state index contributed by atoms with van der Waals surface area (Å²) in [7, 11) is 1.91. The number of hydrogen-bond donors (Lipinski definition) is 0. The van der Waals surface area contributed by atoms with E-state index in [4.69, 9.17) is 0 Å². The van der Waals surface area contributed by atoms with Crippen LogP contribution in [-0.2, 0) is 19.9 Å². The van der Waals surface area contributed by atoms with Crippen molar-refractivity contribution in [2.45, 2.75) is 19.3 Å². The number of benzene rings is 2. The highest BCUT2D eigenvalue weighted by Crippen LogP contribution is 2.37. The van der Waals surface area contributed by atoms with Crippen LogP contribution in [0, 0.1) is 0 Å². The third-order valence-corrected chi connectivity index (χ3v) is 4.79. The molecule has 0 atom stereocenters. The summed E-state index contributed by atoms with van der Waals surface area (Å²) >= 11 is 0. The molecule has 0 fully saturated rings. The molecular formula is C21H19NO. The Bertz CT molecular complexity index is 908. The minimum Gasteiger partial charge on any atom is -0.315 e. The van der Waals surface area contributed by atoms with Crippen molar-refractivity contribution in [1.82, 2.24) is 4.57 Å². The molecule has 1 aliphatic carbocycles. The van der Waals surface area contributed by atoms with Crippen LogP contribution in [0.5, 0.6) is 0 Å². The molecule has 0 radical (unpaired) electrons. The van der Waals surface area contributed by atoms with E-state index in [0.717, 1.165) is 41.5 Å². The quantitative estimate of drug-likeness (QED) is 0.695. The van der Waals surface area contributed by atoms with Crippen LogP contribution in [0.15, 0.2) is 65.5 Å². The van der Waals surface area contributed by atoms with Crippen molar-refractivity contribution in [2.75, 3.05) is 0 Å². The molecule has 2 aromatic carbocycles. The van der Waals surface area contributed by atoms with Crippen LogP contribution in [0.25, 0.3) is 22.3 Å². The predicted molar refractivity (Wildman–Crippen MR) is 94.6 cm³/mol. The van der Waals surface area contributed by atoms with Crippen molar-refractivity contribution < 1.29 is 0 Å². The zero-order valence-corrected chi connectivity index (χ0v) is 13.3. The van der Waals surface area contributed by atoms with E-state index in [9.17, 15) is 4.79 Å². The minimum atomic E-state index is 0.107. The van der Waals surface area contributed by atoms with Crippen molar-refractivity contribution in [3.63, 3.8) is 0 Å². The molecule has 0 saturated heterocycles. The molecule has 0 N–H and O–H groups in total. The second-order valence-corrected chi connectivity index (χ2v) is 6.13. The number of rotatable bonds is 2. The zero-order valence-electron chi connectivity index (χ0n) is 13.3. The maximum Gasteiger partial charge on any atom is 0.259 e. The summed E-state index contributed by atoms with van der Waals surface area (Å²) in [6, 6.07) is 20.4. The van der Waals surface area contributed by atoms with Gasteiger partial charge in [0.1, 0.15) is 0 Å².